The number of allylic oxidation sites excluding steroid dienone is 2. The summed E-state index contributed by atoms with van der Waals surface area (Å²) in [4.78, 5) is 3.52. The number of hydrogen-bond donors (Lipinski definition) is 0. The minimum Gasteiger partial charge on any atom is -0.440 e. The van der Waals surface area contributed by atoms with Crippen molar-refractivity contribution in [2.24, 2.45) is 0 Å². The molecule has 0 aliphatic carbocycles. The van der Waals surface area contributed by atoms with Crippen molar-refractivity contribution < 1.29 is 17.9 Å². The van der Waals surface area contributed by atoms with E-state index < -0.39 is 11.7 Å². The summed E-state index contributed by atoms with van der Waals surface area (Å²) in [6.07, 6.45) is -2.76. The van der Waals surface area contributed by atoms with Crippen molar-refractivity contribution in [3.63, 3.8) is 0 Å². The molecule has 1 heterocycles. The second kappa shape index (κ2) is 7.94. The van der Waals surface area contributed by atoms with Gasteiger partial charge in [-0.1, -0.05) is 29.8 Å². The molecule has 0 fully saturated rings. The first-order chi connectivity index (χ1) is 11.3. The van der Waals surface area contributed by atoms with Crippen LogP contribution in [-0.4, -0.2) is 49.7 Å². The zero-order valence-electron chi connectivity index (χ0n) is 13.6. The lowest BCUT2D eigenvalue weighted by Gasteiger charge is -2.32. The molecule has 2 rings (SSSR count). The fourth-order valence-electron chi connectivity index (χ4n) is 2.33. The van der Waals surface area contributed by atoms with Crippen molar-refractivity contribution in [2.45, 2.75) is 12.6 Å². The molecule has 0 radical (unpaired) electrons. The van der Waals surface area contributed by atoms with Gasteiger partial charge in [0.25, 0.3) is 0 Å². The van der Waals surface area contributed by atoms with Crippen molar-refractivity contribution >= 4 is 11.6 Å². The Morgan fingerprint density at radius 3 is 2.46 bits per heavy atom. The van der Waals surface area contributed by atoms with Gasteiger partial charge in [-0.2, -0.15) is 13.2 Å². The quantitative estimate of drug-likeness (QED) is 0.755. The molecule has 1 aromatic rings. The molecule has 1 aromatic carbocycles. The number of nitrogens with zero attached hydrogens (tertiary/aromatic N) is 2. The molecule has 0 amide bonds. The molecule has 1 aliphatic heterocycles. The summed E-state index contributed by atoms with van der Waals surface area (Å²) in [6.45, 7) is 0.914. The van der Waals surface area contributed by atoms with Crippen LogP contribution in [0.15, 0.2) is 52.9 Å². The molecule has 0 bridgehead atoms. The maximum Gasteiger partial charge on any atom is 0.414 e. The van der Waals surface area contributed by atoms with E-state index in [1.807, 2.05) is 25.1 Å². The van der Waals surface area contributed by atoms with Gasteiger partial charge in [-0.25, -0.2) is 0 Å². The van der Waals surface area contributed by atoms with E-state index in [-0.39, 0.29) is 17.5 Å². The summed E-state index contributed by atoms with van der Waals surface area (Å²) in [5.41, 5.74) is -0.669. The van der Waals surface area contributed by atoms with Crippen LogP contribution in [0.3, 0.4) is 0 Å². The number of rotatable bonds is 6. The van der Waals surface area contributed by atoms with Crippen LogP contribution in [0.2, 0.25) is 0 Å². The number of para-hydroxylation sites is 1. The standard InChI is InChI=1S/C17H20ClF3N2O/c1-22(2)9-6-10-23-12-13(17(19,20)21)11-15(18)16(23)24-14-7-4-3-5-8-14/h3-5,7-8,11H,6,9-10,12H2,1-2H3. The molecule has 0 saturated heterocycles. The van der Waals surface area contributed by atoms with Crippen LogP contribution < -0.4 is 4.74 Å². The Hall–Kier alpha value is -1.66. The third-order valence-electron chi connectivity index (χ3n) is 3.51. The van der Waals surface area contributed by atoms with Crippen molar-refractivity contribution in [2.75, 3.05) is 33.7 Å². The summed E-state index contributed by atoms with van der Waals surface area (Å²) >= 11 is 6.10. The number of alkyl halides is 3. The van der Waals surface area contributed by atoms with Gasteiger partial charge in [-0.3, -0.25) is 0 Å². The second-order valence-corrected chi connectivity index (χ2v) is 6.22. The Bertz CT molecular complexity index is 612. The van der Waals surface area contributed by atoms with Gasteiger partial charge in [0, 0.05) is 6.54 Å². The number of benzene rings is 1. The predicted octanol–water partition coefficient (Wildman–Crippen LogP) is 4.23. The largest absolute Gasteiger partial charge is 0.440 e. The van der Waals surface area contributed by atoms with Crippen LogP contribution in [0.1, 0.15) is 6.42 Å². The van der Waals surface area contributed by atoms with Gasteiger partial charge in [0.15, 0.2) is 0 Å². The van der Waals surface area contributed by atoms with Crippen LogP contribution in [0.4, 0.5) is 13.2 Å². The lowest BCUT2D eigenvalue weighted by atomic mass is 10.1. The zero-order valence-corrected chi connectivity index (χ0v) is 14.4. The molecule has 0 aromatic heterocycles. The van der Waals surface area contributed by atoms with Crippen molar-refractivity contribution in [1.82, 2.24) is 9.80 Å². The second-order valence-electron chi connectivity index (χ2n) is 5.81. The molecule has 24 heavy (non-hydrogen) atoms. The Labute approximate surface area is 144 Å². The minimum atomic E-state index is -4.40. The Kier molecular flexibility index (Phi) is 6.18. The Morgan fingerprint density at radius 2 is 1.88 bits per heavy atom. The van der Waals surface area contributed by atoms with Crippen LogP contribution in [0, 0.1) is 0 Å². The van der Waals surface area contributed by atoms with E-state index in [4.69, 9.17) is 16.3 Å². The molecular formula is C17H20ClF3N2O. The summed E-state index contributed by atoms with van der Waals surface area (Å²) < 4.78 is 44.9. The summed E-state index contributed by atoms with van der Waals surface area (Å²) in [6, 6.07) is 8.89. The highest BCUT2D eigenvalue weighted by molar-refractivity contribution is 6.31. The number of halogens is 4. The highest BCUT2D eigenvalue weighted by Gasteiger charge is 2.38. The van der Waals surface area contributed by atoms with Gasteiger partial charge in [-0.15, -0.1) is 0 Å². The Balaban J connectivity index is 2.23. The molecule has 0 spiro atoms. The van der Waals surface area contributed by atoms with Crippen LogP contribution in [0.25, 0.3) is 0 Å². The molecule has 0 atom stereocenters. The van der Waals surface area contributed by atoms with E-state index in [1.54, 1.807) is 29.2 Å². The lowest BCUT2D eigenvalue weighted by molar-refractivity contribution is -0.0963. The molecule has 0 saturated carbocycles. The average molecular weight is 361 g/mol. The van der Waals surface area contributed by atoms with Crippen LogP contribution in [0.5, 0.6) is 5.75 Å². The first-order valence-electron chi connectivity index (χ1n) is 7.57. The molecule has 0 unspecified atom stereocenters. The molecular weight excluding hydrogens is 341 g/mol. The highest BCUT2D eigenvalue weighted by Crippen LogP contribution is 2.34. The molecule has 1 aliphatic rings. The van der Waals surface area contributed by atoms with E-state index >= 15 is 0 Å². The normalized spacial score (nSPS) is 15.8. The summed E-state index contributed by atoms with van der Waals surface area (Å²) in [5, 5.41) is -0.0396. The van der Waals surface area contributed by atoms with E-state index in [2.05, 4.69) is 0 Å². The fourth-order valence-corrected chi connectivity index (χ4v) is 2.62. The average Bonchev–Trinajstić information content (AvgIpc) is 2.50. The highest BCUT2D eigenvalue weighted by atomic mass is 35.5. The van der Waals surface area contributed by atoms with E-state index in [1.165, 1.54) is 0 Å². The van der Waals surface area contributed by atoms with Crippen LogP contribution >= 0.6 is 11.6 Å². The van der Waals surface area contributed by atoms with Gasteiger partial charge in [0.1, 0.15) is 10.8 Å². The van der Waals surface area contributed by atoms with Crippen molar-refractivity contribution in [3.05, 3.63) is 52.9 Å². The number of hydrogen-bond acceptors (Lipinski definition) is 3. The summed E-state index contributed by atoms with van der Waals surface area (Å²) in [5.74, 6) is 0.793. The minimum absolute atomic E-state index is 0.0396. The maximum absolute atomic E-state index is 13.1. The zero-order chi connectivity index (χ0) is 17.7. The monoisotopic (exact) mass is 360 g/mol. The summed E-state index contributed by atoms with van der Waals surface area (Å²) in [7, 11) is 3.84. The first kappa shape index (κ1) is 18.7. The van der Waals surface area contributed by atoms with E-state index in [9.17, 15) is 13.2 Å². The molecule has 3 nitrogen and oxygen atoms in total. The van der Waals surface area contributed by atoms with E-state index in [0.29, 0.717) is 18.7 Å². The Morgan fingerprint density at radius 1 is 1.21 bits per heavy atom. The SMILES string of the molecule is CN(C)CCCN1CC(C(F)(F)F)=CC(Cl)=C1Oc1ccccc1. The lowest BCUT2D eigenvalue weighted by Crippen LogP contribution is -2.36. The van der Waals surface area contributed by atoms with Gasteiger partial charge in [-0.05, 0) is 45.3 Å². The fraction of sp³-hybridized carbons (Fsp3) is 0.412. The van der Waals surface area contributed by atoms with Crippen LogP contribution in [-0.2, 0) is 0 Å². The van der Waals surface area contributed by atoms with Gasteiger partial charge in [0.2, 0.25) is 5.88 Å². The smallest absolute Gasteiger partial charge is 0.414 e. The third kappa shape index (κ3) is 5.18. The van der Waals surface area contributed by atoms with Gasteiger partial charge in [0.05, 0.1) is 12.1 Å². The molecule has 0 N–H and O–H groups in total. The molecule has 132 valence electrons. The number of ether oxygens (including phenoxy) is 1. The maximum atomic E-state index is 13.1. The molecule has 7 heteroatoms. The topological polar surface area (TPSA) is 15.7 Å². The van der Waals surface area contributed by atoms with Crippen molar-refractivity contribution in [3.8, 4) is 5.75 Å². The third-order valence-corrected chi connectivity index (χ3v) is 3.78. The predicted molar refractivity (Wildman–Crippen MR) is 88.8 cm³/mol. The van der Waals surface area contributed by atoms with Crippen molar-refractivity contribution in [1.29, 1.82) is 0 Å². The van der Waals surface area contributed by atoms with Gasteiger partial charge < -0.3 is 14.5 Å². The van der Waals surface area contributed by atoms with E-state index in [0.717, 1.165) is 12.6 Å². The first-order valence-corrected chi connectivity index (χ1v) is 7.95. The van der Waals surface area contributed by atoms with Gasteiger partial charge >= 0.3 is 6.18 Å².